The summed E-state index contributed by atoms with van der Waals surface area (Å²) in [6.45, 7) is 2.02. The highest BCUT2D eigenvalue weighted by Crippen LogP contribution is 2.18. The summed E-state index contributed by atoms with van der Waals surface area (Å²) >= 11 is 0. The summed E-state index contributed by atoms with van der Waals surface area (Å²) in [5, 5.41) is 2.78. The average Bonchev–Trinajstić information content (AvgIpc) is 2.78. The number of nitrogens with zero attached hydrogens (tertiary/aromatic N) is 2. The molecule has 1 N–H and O–H groups in total. The largest absolute Gasteiger partial charge is 0.487 e. The van der Waals surface area contributed by atoms with Crippen LogP contribution in [0, 0.1) is 6.92 Å². The second-order valence-corrected chi connectivity index (χ2v) is 6.98. The predicted molar refractivity (Wildman–Crippen MR) is 118 cm³/mol. The number of carbonyl (C=O) groups is 1. The number of anilines is 1. The monoisotopic (exact) mass is 415 g/mol. The van der Waals surface area contributed by atoms with Gasteiger partial charge < -0.3 is 14.8 Å². The third-order valence-electron chi connectivity index (χ3n) is 4.52. The lowest BCUT2D eigenvalue weighted by atomic mass is 10.2. The molecule has 7 heteroatoms. The molecular weight excluding hydrogens is 394 g/mol. The number of hydrogen-bond acceptors (Lipinski definition) is 5. The maximum Gasteiger partial charge on any atom is 0.262 e. The number of nitrogens with one attached hydrogen (secondary N) is 1. The molecule has 0 unspecified atom stereocenters. The van der Waals surface area contributed by atoms with Gasteiger partial charge in [0.25, 0.3) is 11.5 Å². The first-order chi connectivity index (χ1) is 15.1. The van der Waals surface area contributed by atoms with Crippen LogP contribution < -0.4 is 20.3 Å². The minimum absolute atomic E-state index is 0.0981. The van der Waals surface area contributed by atoms with Crippen LogP contribution in [0.2, 0.25) is 0 Å². The maximum atomic E-state index is 12.2. The predicted octanol–water partition coefficient (Wildman–Crippen LogP) is 3.60. The van der Waals surface area contributed by atoms with E-state index in [1.54, 1.807) is 42.6 Å². The Balaban J connectivity index is 1.35. The summed E-state index contributed by atoms with van der Waals surface area (Å²) in [5.41, 5.74) is 2.62. The molecule has 0 aliphatic rings. The Labute approximate surface area is 178 Å². The molecule has 2 aromatic carbocycles. The molecule has 0 bridgehead atoms. The first-order valence-corrected chi connectivity index (χ1v) is 9.76. The first kappa shape index (κ1) is 20.2. The molecule has 0 aliphatic heterocycles. The highest BCUT2D eigenvalue weighted by molar-refractivity contribution is 5.92. The molecule has 2 aromatic heterocycles. The van der Waals surface area contributed by atoms with Gasteiger partial charge in [-0.15, -0.1) is 0 Å². The summed E-state index contributed by atoms with van der Waals surface area (Å²) in [5.74, 6) is 0.908. The molecule has 4 rings (SSSR count). The van der Waals surface area contributed by atoms with E-state index in [0.29, 0.717) is 28.5 Å². The van der Waals surface area contributed by atoms with Crippen molar-refractivity contribution >= 4 is 17.2 Å². The van der Waals surface area contributed by atoms with E-state index in [1.807, 2.05) is 37.3 Å². The minimum Gasteiger partial charge on any atom is -0.487 e. The molecule has 156 valence electrons. The van der Waals surface area contributed by atoms with Gasteiger partial charge in [0, 0.05) is 24.0 Å². The molecule has 2 heterocycles. The van der Waals surface area contributed by atoms with E-state index in [4.69, 9.17) is 9.47 Å². The first-order valence-electron chi connectivity index (χ1n) is 9.76. The van der Waals surface area contributed by atoms with Gasteiger partial charge in [0.15, 0.2) is 6.61 Å². The SMILES string of the molecule is Cc1ccc(OCC(=O)Nc2cccc(OCc3cc(=O)n4ccccc4n3)c2)cc1. The van der Waals surface area contributed by atoms with Gasteiger partial charge in [0.1, 0.15) is 23.8 Å². The van der Waals surface area contributed by atoms with Gasteiger partial charge in [0.05, 0.1) is 5.69 Å². The van der Waals surface area contributed by atoms with Crippen molar-refractivity contribution in [3.05, 3.63) is 101 Å². The molecule has 4 aromatic rings. The van der Waals surface area contributed by atoms with E-state index in [2.05, 4.69) is 10.3 Å². The van der Waals surface area contributed by atoms with Crippen LogP contribution >= 0.6 is 0 Å². The van der Waals surface area contributed by atoms with E-state index in [9.17, 15) is 9.59 Å². The van der Waals surface area contributed by atoms with Crippen LogP contribution in [-0.2, 0) is 11.4 Å². The van der Waals surface area contributed by atoms with Crippen LogP contribution in [0.15, 0.2) is 83.8 Å². The number of pyridine rings is 1. The minimum atomic E-state index is -0.276. The van der Waals surface area contributed by atoms with E-state index in [1.165, 1.54) is 10.5 Å². The Bertz CT molecular complexity index is 1270. The molecule has 0 aliphatic carbocycles. The van der Waals surface area contributed by atoms with Gasteiger partial charge in [-0.05, 0) is 43.3 Å². The standard InChI is InChI=1S/C24H21N3O4/c1-17-8-10-20(11-9-17)31-16-23(28)26-18-5-4-6-21(13-18)30-15-19-14-24(29)27-12-3-2-7-22(27)25-19/h2-14H,15-16H2,1H3,(H,26,28). The topological polar surface area (TPSA) is 81.9 Å². The molecular formula is C24H21N3O4. The van der Waals surface area contributed by atoms with Gasteiger partial charge in [-0.1, -0.05) is 29.8 Å². The Morgan fingerprint density at radius 3 is 2.65 bits per heavy atom. The quantitative estimate of drug-likeness (QED) is 0.499. The van der Waals surface area contributed by atoms with Crippen LogP contribution in [0.1, 0.15) is 11.3 Å². The van der Waals surface area contributed by atoms with E-state index < -0.39 is 0 Å². The number of fused-ring (bicyclic) bond motifs is 1. The van der Waals surface area contributed by atoms with Gasteiger partial charge in [-0.3, -0.25) is 14.0 Å². The number of amides is 1. The fourth-order valence-electron chi connectivity index (χ4n) is 2.98. The smallest absolute Gasteiger partial charge is 0.262 e. The molecule has 0 atom stereocenters. The molecule has 31 heavy (non-hydrogen) atoms. The normalized spacial score (nSPS) is 10.6. The zero-order valence-electron chi connectivity index (χ0n) is 16.9. The highest BCUT2D eigenvalue weighted by Gasteiger charge is 2.07. The van der Waals surface area contributed by atoms with Crippen molar-refractivity contribution in [1.29, 1.82) is 0 Å². The Morgan fingerprint density at radius 2 is 1.81 bits per heavy atom. The number of hydrogen-bond donors (Lipinski definition) is 1. The van der Waals surface area contributed by atoms with Crippen LogP contribution in [0.3, 0.4) is 0 Å². The maximum absolute atomic E-state index is 12.2. The van der Waals surface area contributed by atoms with Crippen molar-refractivity contribution in [3.63, 3.8) is 0 Å². The lowest BCUT2D eigenvalue weighted by Crippen LogP contribution is -2.20. The van der Waals surface area contributed by atoms with Crippen molar-refractivity contribution in [2.24, 2.45) is 0 Å². The number of ether oxygens (including phenoxy) is 2. The number of benzene rings is 2. The lowest BCUT2D eigenvalue weighted by molar-refractivity contribution is -0.118. The summed E-state index contributed by atoms with van der Waals surface area (Å²) < 4.78 is 12.7. The summed E-state index contributed by atoms with van der Waals surface area (Å²) in [6.07, 6.45) is 1.67. The van der Waals surface area contributed by atoms with Crippen LogP contribution in [-0.4, -0.2) is 21.9 Å². The van der Waals surface area contributed by atoms with Crippen molar-refractivity contribution in [2.75, 3.05) is 11.9 Å². The fraction of sp³-hybridized carbons (Fsp3) is 0.125. The second-order valence-electron chi connectivity index (χ2n) is 6.98. The Hall–Kier alpha value is -4.13. The van der Waals surface area contributed by atoms with Crippen LogP contribution in [0.5, 0.6) is 11.5 Å². The molecule has 0 fully saturated rings. The average molecular weight is 415 g/mol. The summed E-state index contributed by atoms with van der Waals surface area (Å²) in [6, 6.07) is 21.3. The van der Waals surface area contributed by atoms with E-state index >= 15 is 0 Å². The zero-order valence-corrected chi connectivity index (χ0v) is 16.9. The molecule has 0 saturated carbocycles. The lowest BCUT2D eigenvalue weighted by Gasteiger charge is -2.10. The number of rotatable bonds is 7. The molecule has 1 amide bonds. The highest BCUT2D eigenvalue weighted by atomic mass is 16.5. The van der Waals surface area contributed by atoms with E-state index in [0.717, 1.165) is 5.56 Å². The van der Waals surface area contributed by atoms with Crippen molar-refractivity contribution in [3.8, 4) is 11.5 Å². The van der Waals surface area contributed by atoms with Crippen LogP contribution in [0.25, 0.3) is 5.65 Å². The fourth-order valence-corrected chi connectivity index (χ4v) is 2.98. The van der Waals surface area contributed by atoms with Crippen molar-refractivity contribution < 1.29 is 14.3 Å². The zero-order chi connectivity index (χ0) is 21.6. The molecule has 7 nitrogen and oxygen atoms in total. The number of carbonyl (C=O) groups excluding carboxylic acids is 1. The van der Waals surface area contributed by atoms with Crippen LogP contribution in [0.4, 0.5) is 5.69 Å². The Morgan fingerprint density at radius 1 is 0.968 bits per heavy atom. The second kappa shape index (κ2) is 9.13. The van der Waals surface area contributed by atoms with Gasteiger partial charge in [0.2, 0.25) is 0 Å². The van der Waals surface area contributed by atoms with Crippen molar-refractivity contribution in [1.82, 2.24) is 9.38 Å². The van der Waals surface area contributed by atoms with Gasteiger partial charge >= 0.3 is 0 Å². The third kappa shape index (κ3) is 5.27. The Kier molecular flexibility index (Phi) is 5.93. The third-order valence-corrected chi connectivity index (χ3v) is 4.52. The molecule has 0 saturated heterocycles. The number of aryl methyl sites for hydroxylation is 1. The molecule has 0 radical (unpaired) electrons. The summed E-state index contributed by atoms with van der Waals surface area (Å²) in [4.78, 5) is 28.8. The van der Waals surface area contributed by atoms with Gasteiger partial charge in [-0.2, -0.15) is 0 Å². The van der Waals surface area contributed by atoms with Gasteiger partial charge in [-0.25, -0.2) is 4.98 Å². The molecule has 0 spiro atoms. The van der Waals surface area contributed by atoms with E-state index in [-0.39, 0.29) is 24.7 Å². The number of aromatic nitrogens is 2. The van der Waals surface area contributed by atoms with Crippen molar-refractivity contribution in [2.45, 2.75) is 13.5 Å². The summed E-state index contributed by atoms with van der Waals surface area (Å²) in [7, 11) is 0.